The average Bonchev–Trinajstić information content (AvgIpc) is 2.67. The molecule has 1 heterocycles. The molecule has 2 aromatic carbocycles. The van der Waals surface area contributed by atoms with Crippen molar-refractivity contribution in [1.82, 2.24) is 0 Å². The zero-order valence-electron chi connectivity index (χ0n) is 15.5. The summed E-state index contributed by atoms with van der Waals surface area (Å²) in [7, 11) is 3.01. The van der Waals surface area contributed by atoms with Crippen molar-refractivity contribution >= 4 is 40.9 Å². The summed E-state index contributed by atoms with van der Waals surface area (Å²) in [6.45, 7) is 1.67. The number of nitrogens with one attached hydrogen (secondary N) is 2. The lowest BCUT2D eigenvalue weighted by Gasteiger charge is -2.23. The van der Waals surface area contributed by atoms with Crippen LogP contribution in [0.15, 0.2) is 36.4 Å². The average molecular weight is 403 g/mol. The lowest BCUT2D eigenvalue weighted by atomic mass is 10.1. The Morgan fingerprint density at radius 3 is 2.75 bits per heavy atom. The van der Waals surface area contributed by atoms with E-state index in [1.54, 1.807) is 43.3 Å². The predicted molar refractivity (Wildman–Crippen MR) is 107 cm³/mol. The number of halogens is 1. The Labute approximate surface area is 167 Å². The van der Waals surface area contributed by atoms with Gasteiger partial charge in [-0.1, -0.05) is 11.6 Å². The summed E-state index contributed by atoms with van der Waals surface area (Å²) in [4.78, 5) is 23.9. The second-order valence-corrected chi connectivity index (χ2v) is 6.43. The van der Waals surface area contributed by atoms with Crippen molar-refractivity contribution in [3.05, 3.63) is 47.0 Å². The fourth-order valence-corrected chi connectivity index (χ4v) is 2.97. The number of carbonyl (C=O) groups is 2. The van der Waals surface area contributed by atoms with E-state index in [2.05, 4.69) is 10.6 Å². The van der Waals surface area contributed by atoms with Crippen LogP contribution >= 0.6 is 11.6 Å². The summed E-state index contributed by atoms with van der Waals surface area (Å²) in [6, 6.07) is 8.40. The number of hydrogen-bond acceptors (Lipinski definition) is 5. The van der Waals surface area contributed by atoms with E-state index in [4.69, 9.17) is 25.8 Å². The van der Waals surface area contributed by atoms with Gasteiger partial charge in [0.05, 0.1) is 24.9 Å². The van der Waals surface area contributed by atoms with Crippen LogP contribution in [0.25, 0.3) is 6.08 Å². The molecular formula is C20H19ClN2O5. The van der Waals surface area contributed by atoms with E-state index in [-0.39, 0.29) is 11.8 Å². The van der Waals surface area contributed by atoms with Crippen LogP contribution in [0.5, 0.6) is 17.2 Å². The van der Waals surface area contributed by atoms with Crippen LogP contribution in [0.4, 0.5) is 11.4 Å². The van der Waals surface area contributed by atoms with Gasteiger partial charge in [-0.2, -0.15) is 0 Å². The van der Waals surface area contributed by atoms with E-state index < -0.39 is 6.10 Å². The highest BCUT2D eigenvalue weighted by molar-refractivity contribution is 6.32. The minimum atomic E-state index is -0.552. The molecule has 2 N–H and O–H groups in total. The van der Waals surface area contributed by atoms with Crippen molar-refractivity contribution in [2.24, 2.45) is 0 Å². The fraction of sp³-hybridized carbons (Fsp3) is 0.200. The van der Waals surface area contributed by atoms with Gasteiger partial charge in [-0.05, 0) is 48.9 Å². The first kappa shape index (κ1) is 19.6. The van der Waals surface area contributed by atoms with Gasteiger partial charge in [-0.3, -0.25) is 9.59 Å². The molecule has 0 bridgehead atoms. The number of fused-ring (bicyclic) bond motifs is 1. The second kappa shape index (κ2) is 8.22. The molecule has 0 aromatic heterocycles. The van der Waals surface area contributed by atoms with Crippen LogP contribution in [-0.4, -0.2) is 32.1 Å². The minimum Gasteiger partial charge on any atom is -0.493 e. The molecule has 0 saturated heterocycles. The Balaban J connectivity index is 1.72. The van der Waals surface area contributed by atoms with Crippen LogP contribution in [0.3, 0.4) is 0 Å². The highest BCUT2D eigenvalue weighted by atomic mass is 35.5. The summed E-state index contributed by atoms with van der Waals surface area (Å²) >= 11 is 6.16. The molecule has 0 radical (unpaired) electrons. The van der Waals surface area contributed by atoms with Gasteiger partial charge in [0.25, 0.3) is 5.91 Å². The molecule has 3 rings (SSSR count). The molecule has 0 spiro atoms. The molecule has 0 unspecified atom stereocenters. The molecular weight excluding hydrogens is 384 g/mol. The molecule has 0 fully saturated rings. The maximum absolute atomic E-state index is 12.2. The van der Waals surface area contributed by atoms with Crippen LogP contribution in [-0.2, 0) is 9.59 Å². The third-order valence-electron chi connectivity index (χ3n) is 4.06. The SMILES string of the molecule is COc1cc(/C=C/C(=O)Nc2ccc3c(c2)NC(=O)[C@@H](C)O3)cc(Cl)c1OC. The zero-order valence-corrected chi connectivity index (χ0v) is 16.3. The Kier molecular flexibility index (Phi) is 5.75. The van der Waals surface area contributed by atoms with Crippen molar-refractivity contribution in [3.63, 3.8) is 0 Å². The van der Waals surface area contributed by atoms with Crippen LogP contribution in [0, 0.1) is 0 Å². The second-order valence-electron chi connectivity index (χ2n) is 6.02. The van der Waals surface area contributed by atoms with Gasteiger partial charge in [-0.15, -0.1) is 0 Å². The number of benzene rings is 2. The van der Waals surface area contributed by atoms with Gasteiger partial charge in [0.2, 0.25) is 5.91 Å². The van der Waals surface area contributed by atoms with Gasteiger partial charge in [0, 0.05) is 11.8 Å². The van der Waals surface area contributed by atoms with Crippen molar-refractivity contribution in [1.29, 1.82) is 0 Å². The van der Waals surface area contributed by atoms with Gasteiger partial charge in [0.15, 0.2) is 17.6 Å². The third kappa shape index (κ3) is 4.20. The molecule has 7 nitrogen and oxygen atoms in total. The molecule has 1 aliphatic heterocycles. The summed E-state index contributed by atoms with van der Waals surface area (Å²) in [5.41, 5.74) is 1.71. The topological polar surface area (TPSA) is 85.9 Å². The minimum absolute atomic E-state index is 0.235. The first-order valence-electron chi connectivity index (χ1n) is 8.43. The molecule has 2 amide bonds. The van der Waals surface area contributed by atoms with Gasteiger partial charge in [-0.25, -0.2) is 0 Å². The predicted octanol–water partition coefficient (Wildman–Crippen LogP) is 3.73. The number of anilines is 2. The van der Waals surface area contributed by atoms with Crippen molar-refractivity contribution in [2.45, 2.75) is 13.0 Å². The van der Waals surface area contributed by atoms with Crippen LogP contribution in [0.1, 0.15) is 12.5 Å². The lowest BCUT2D eigenvalue weighted by molar-refractivity contribution is -0.122. The normalized spacial score (nSPS) is 15.4. The molecule has 0 aliphatic carbocycles. The maximum Gasteiger partial charge on any atom is 0.265 e. The number of carbonyl (C=O) groups excluding carboxylic acids is 2. The molecule has 2 aromatic rings. The van der Waals surface area contributed by atoms with Crippen LogP contribution in [0.2, 0.25) is 5.02 Å². The summed E-state index contributed by atoms with van der Waals surface area (Å²) in [5.74, 6) is 0.872. The first-order chi connectivity index (χ1) is 13.4. The van der Waals surface area contributed by atoms with Crippen molar-refractivity contribution in [3.8, 4) is 17.2 Å². The Bertz CT molecular complexity index is 958. The summed E-state index contributed by atoms with van der Waals surface area (Å²) in [6.07, 6.45) is 2.42. The quantitative estimate of drug-likeness (QED) is 0.744. The Morgan fingerprint density at radius 1 is 1.25 bits per heavy atom. The van der Waals surface area contributed by atoms with E-state index in [9.17, 15) is 9.59 Å². The Hall–Kier alpha value is -3.19. The van der Waals surface area contributed by atoms with Crippen molar-refractivity contribution in [2.75, 3.05) is 24.9 Å². The molecule has 1 aliphatic rings. The lowest BCUT2D eigenvalue weighted by Crippen LogP contribution is -2.34. The summed E-state index contributed by atoms with van der Waals surface area (Å²) < 4.78 is 15.9. The first-order valence-corrected chi connectivity index (χ1v) is 8.81. The van der Waals surface area contributed by atoms with E-state index in [0.717, 1.165) is 0 Å². The highest BCUT2D eigenvalue weighted by Crippen LogP contribution is 2.36. The summed E-state index contributed by atoms with van der Waals surface area (Å²) in [5, 5.41) is 5.85. The van der Waals surface area contributed by atoms with Crippen molar-refractivity contribution < 1.29 is 23.8 Å². The fourth-order valence-electron chi connectivity index (χ4n) is 2.68. The number of hydrogen-bond donors (Lipinski definition) is 2. The van der Waals surface area contributed by atoms with E-state index in [0.29, 0.717) is 39.2 Å². The van der Waals surface area contributed by atoms with Gasteiger partial charge in [0.1, 0.15) is 5.75 Å². The van der Waals surface area contributed by atoms with Crippen LogP contribution < -0.4 is 24.8 Å². The highest BCUT2D eigenvalue weighted by Gasteiger charge is 2.23. The molecule has 28 heavy (non-hydrogen) atoms. The number of rotatable bonds is 5. The smallest absolute Gasteiger partial charge is 0.265 e. The van der Waals surface area contributed by atoms with E-state index >= 15 is 0 Å². The number of ether oxygens (including phenoxy) is 3. The third-order valence-corrected chi connectivity index (χ3v) is 4.34. The molecule has 146 valence electrons. The molecule has 8 heteroatoms. The Morgan fingerprint density at radius 2 is 2.04 bits per heavy atom. The molecule has 1 atom stereocenters. The van der Waals surface area contributed by atoms with E-state index in [1.807, 2.05) is 0 Å². The van der Waals surface area contributed by atoms with Gasteiger partial charge < -0.3 is 24.8 Å². The van der Waals surface area contributed by atoms with Gasteiger partial charge >= 0.3 is 0 Å². The largest absolute Gasteiger partial charge is 0.493 e. The standard InChI is InChI=1S/C20H19ClN2O5/c1-11-20(25)23-15-10-13(5-6-16(15)28-11)22-18(24)7-4-12-8-14(21)19(27-3)17(9-12)26-2/h4-11H,1-3H3,(H,22,24)(H,23,25)/b7-4+/t11-/m1/s1. The zero-order chi connectivity index (χ0) is 20.3. The monoisotopic (exact) mass is 402 g/mol. The van der Waals surface area contributed by atoms with E-state index in [1.165, 1.54) is 20.3 Å². The number of methoxy groups -OCH3 is 2. The molecule has 0 saturated carbocycles. The maximum atomic E-state index is 12.2. The number of amides is 2.